The SMILES string of the molecule is O=C(O)c1ccc(C2(O)CCN3CCC2C3)o1. The molecule has 0 amide bonds. The van der Waals surface area contributed by atoms with Gasteiger partial charge in [0, 0.05) is 19.0 Å². The maximum Gasteiger partial charge on any atom is 0.371 e. The van der Waals surface area contributed by atoms with E-state index in [-0.39, 0.29) is 11.7 Å². The molecular formula is C12H15NO4. The van der Waals surface area contributed by atoms with Gasteiger partial charge in [-0.2, -0.15) is 0 Å². The quantitative estimate of drug-likeness (QED) is 0.799. The van der Waals surface area contributed by atoms with E-state index in [0.29, 0.717) is 12.2 Å². The zero-order valence-electron chi connectivity index (χ0n) is 9.43. The standard InChI is InChI=1S/C12H15NO4/c14-11(15)9-1-2-10(17-9)12(16)4-6-13-5-3-8(12)7-13/h1-2,8,16H,3-7H2,(H,14,15). The summed E-state index contributed by atoms with van der Waals surface area (Å²) in [4.78, 5) is 13.1. The third-order valence-electron chi connectivity index (χ3n) is 4.00. The number of aromatic carboxylic acids is 1. The monoisotopic (exact) mass is 237 g/mol. The van der Waals surface area contributed by atoms with Gasteiger partial charge in [-0.1, -0.05) is 0 Å². The van der Waals surface area contributed by atoms with Gasteiger partial charge in [-0.05, 0) is 31.5 Å². The summed E-state index contributed by atoms with van der Waals surface area (Å²) in [5.41, 5.74) is -0.985. The molecule has 3 rings (SSSR count). The Morgan fingerprint density at radius 3 is 3.00 bits per heavy atom. The minimum atomic E-state index is -1.09. The second-order valence-corrected chi connectivity index (χ2v) is 4.93. The molecule has 0 aromatic carbocycles. The fourth-order valence-corrected chi connectivity index (χ4v) is 2.97. The number of piperidine rings is 1. The third-order valence-corrected chi connectivity index (χ3v) is 4.00. The molecule has 3 heterocycles. The van der Waals surface area contributed by atoms with E-state index in [1.54, 1.807) is 6.07 Å². The van der Waals surface area contributed by atoms with Gasteiger partial charge in [-0.15, -0.1) is 0 Å². The van der Waals surface area contributed by atoms with E-state index in [1.807, 2.05) is 0 Å². The number of aliphatic hydroxyl groups is 1. The van der Waals surface area contributed by atoms with Crippen molar-refractivity contribution in [1.29, 1.82) is 0 Å². The molecule has 3 atom stereocenters. The van der Waals surface area contributed by atoms with E-state index in [1.165, 1.54) is 6.07 Å². The van der Waals surface area contributed by atoms with Gasteiger partial charge >= 0.3 is 5.97 Å². The highest BCUT2D eigenvalue weighted by atomic mass is 16.4. The number of carboxylic acid groups (broad SMARTS) is 1. The first-order chi connectivity index (χ1) is 8.09. The van der Waals surface area contributed by atoms with Gasteiger partial charge in [-0.25, -0.2) is 4.79 Å². The van der Waals surface area contributed by atoms with Crippen molar-refractivity contribution >= 4 is 5.97 Å². The molecule has 2 aliphatic heterocycles. The molecule has 0 radical (unpaired) electrons. The van der Waals surface area contributed by atoms with E-state index in [0.717, 1.165) is 26.1 Å². The van der Waals surface area contributed by atoms with Gasteiger partial charge in [-0.3, -0.25) is 0 Å². The summed E-state index contributed by atoms with van der Waals surface area (Å²) in [7, 11) is 0. The second kappa shape index (κ2) is 3.58. The largest absolute Gasteiger partial charge is 0.475 e. The maximum atomic E-state index is 10.8. The number of hydrogen-bond acceptors (Lipinski definition) is 4. The van der Waals surface area contributed by atoms with Crippen LogP contribution in [0.2, 0.25) is 0 Å². The zero-order valence-corrected chi connectivity index (χ0v) is 9.43. The van der Waals surface area contributed by atoms with Crippen molar-refractivity contribution in [2.24, 2.45) is 5.92 Å². The smallest absolute Gasteiger partial charge is 0.371 e. The number of fused-ring (bicyclic) bond motifs is 2. The first-order valence-electron chi connectivity index (χ1n) is 5.88. The van der Waals surface area contributed by atoms with Crippen LogP contribution in [0.15, 0.2) is 16.5 Å². The second-order valence-electron chi connectivity index (χ2n) is 4.93. The molecule has 1 aromatic heterocycles. The molecule has 5 heteroatoms. The lowest BCUT2D eigenvalue weighted by atomic mass is 9.80. The Bertz CT molecular complexity index is 455. The Kier molecular flexibility index (Phi) is 2.27. The van der Waals surface area contributed by atoms with Crippen molar-refractivity contribution in [3.8, 4) is 0 Å². The summed E-state index contributed by atoms with van der Waals surface area (Å²) in [6.45, 7) is 2.73. The average Bonchev–Trinajstić information content (AvgIpc) is 2.93. The van der Waals surface area contributed by atoms with Crippen molar-refractivity contribution in [2.45, 2.75) is 18.4 Å². The van der Waals surface area contributed by atoms with Crippen LogP contribution in [0, 0.1) is 5.92 Å². The molecule has 3 unspecified atom stereocenters. The lowest BCUT2D eigenvalue weighted by Crippen LogP contribution is -2.43. The molecule has 2 bridgehead atoms. The van der Waals surface area contributed by atoms with Crippen molar-refractivity contribution in [3.05, 3.63) is 23.7 Å². The fourth-order valence-electron chi connectivity index (χ4n) is 2.97. The van der Waals surface area contributed by atoms with Crippen LogP contribution in [0.5, 0.6) is 0 Å². The number of carbonyl (C=O) groups is 1. The number of furan rings is 1. The van der Waals surface area contributed by atoms with E-state index >= 15 is 0 Å². The average molecular weight is 237 g/mol. The lowest BCUT2D eigenvalue weighted by Gasteiger charge is -2.37. The van der Waals surface area contributed by atoms with Gasteiger partial charge in [0.25, 0.3) is 0 Å². The van der Waals surface area contributed by atoms with E-state index in [2.05, 4.69) is 4.90 Å². The number of nitrogens with zero attached hydrogens (tertiary/aromatic N) is 1. The number of hydrogen-bond donors (Lipinski definition) is 2. The van der Waals surface area contributed by atoms with Crippen molar-refractivity contribution in [2.75, 3.05) is 19.6 Å². The number of rotatable bonds is 2. The summed E-state index contributed by atoms with van der Waals surface area (Å²) < 4.78 is 5.27. The van der Waals surface area contributed by atoms with Crippen molar-refractivity contribution in [1.82, 2.24) is 4.90 Å². The van der Waals surface area contributed by atoms with Crippen LogP contribution < -0.4 is 0 Å². The van der Waals surface area contributed by atoms with Crippen molar-refractivity contribution < 1.29 is 19.4 Å². The third kappa shape index (κ3) is 1.57. The van der Waals surface area contributed by atoms with E-state index in [9.17, 15) is 9.90 Å². The minimum absolute atomic E-state index is 0.103. The van der Waals surface area contributed by atoms with E-state index < -0.39 is 11.6 Å². The molecule has 0 aliphatic carbocycles. The normalized spacial score (nSPS) is 36.1. The highest BCUT2D eigenvalue weighted by Crippen LogP contribution is 2.43. The predicted octanol–water partition coefficient (Wildman–Crippen LogP) is 0.891. The van der Waals surface area contributed by atoms with Crippen LogP contribution in [0.25, 0.3) is 0 Å². The molecule has 0 saturated carbocycles. The van der Waals surface area contributed by atoms with Gasteiger partial charge in [0.1, 0.15) is 11.4 Å². The van der Waals surface area contributed by atoms with Gasteiger partial charge in [0.05, 0.1) is 0 Å². The molecule has 2 N–H and O–H groups in total. The van der Waals surface area contributed by atoms with Crippen LogP contribution in [0.1, 0.15) is 29.2 Å². The summed E-state index contributed by atoms with van der Waals surface area (Å²) in [6.07, 6.45) is 1.56. The summed E-state index contributed by atoms with van der Waals surface area (Å²) in [5.74, 6) is -0.636. The fraction of sp³-hybridized carbons (Fsp3) is 0.583. The van der Waals surface area contributed by atoms with Crippen LogP contribution >= 0.6 is 0 Å². The molecule has 2 saturated heterocycles. The Hall–Kier alpha value is -1.33. The topological polar surface area (TPSA) is 73.9 Å². The molecule has 2 fully saturated rings. The van der Waals surface area contributed by atoms with Crippen LogP contribution in [0.3, 0.4) is 0 Å². The Morgan fingerprint density at radius 2 is 2.29 bits per heavy atom. The summed E-state index contributed by atoms with van der Waals surface area (Å²) in [5, 5.41) is 19.5. The lowest BCUT2D eigenvalue weighted by molar-refractivity contribution is -0.0667. The Balaban J connectivity index is 1.93. The molecule has 2 aliphatic rings. The molecule has 0 spiro atoms. The van der Waals surface area contributed by atoms with Crippen molar-refractivity contribution in [3.63, 3.8) is 0 Å². The zero-order chi connectivity index (χ0) is 12.0. The first-order valence-corrected chi connectivity index (χ1v) is 5.88. The molecule has 5 nitrogen and oxygen atoms in total. The highest BCUT2D eigenvalue weighted by molar-refractivity contribution is 5.84. The Labute approximate surface area is 98.6 Å². The molecule has 1 aromatic rings. The van der Waals surface area contributed by atoms with Crippen LogP contribution in [0.4, 0.5) is 0 Å². The minimum Gasteiger partial charge on any atom is -0.475 e. The Morgan fingerprint density at radius 1 is 1.47 bits per heavy atom. The van der Waals surface area contributed by atoms with Gasteiger partial charge < -0.3 is 19.5 Å². The van der Waals surface area contributed by atoms with Gasteiger partial charge in [0.15, 0.2) is 0 Å². The molecular weight excluding hydrogens is 222 g/mol. The summed E-state index contributed by atoms with van der Waals surface area (Å²) >= 11 is 0. The first kappa shape index (κ1) is 10.8. The van der Waals surface area contributed by atoms with E-state index in [4.69, 9.17) is 9.52 Å². The molecule has 17 heavy (non-hydrogen) atoms. The summed E-state index contributed by atoms with van der Waals surface area (Å²) in [6, 6.07) is 3.01. The highest BCUT2D eigenvalue weighted by Gasteiger charge is 2.48. The maximum absolute atomic E-state index is 10.8. The van der Waals surface area contributed by atoms with Gasteiger partial charge in [0.2, 0.25) is 5.76 Å². The number of carboxylic acids is 1. The van der Waals surface area contributed by atoms with Crippen LogP contribution in [-0.2, 0) is 5.60 Å². The van der Waals surface area contributed by atoms with Crippen LogP contribution in [-0.4, -0.2) is 40.7 Å². The predicted molar refractivity (Wildman–Crippen MR) is 58.7 cm³/mol. The molecule has 92 valence electrons.